The summed E-state index contributed by atoms with van der Waals surface area (Å²) in [7, 11) is -2.78. The lowest BCUT2D eigenvalue weighted by Gasteiger charge is -2.44. The van der Waals surface area contributed by atoms with Gasteiger partial charge in [-0.15, -0.1) is 0 Å². The van der Waals surface area contributed by atoms with E-state index < -0.39 is 26.6 Å². The van der Waals surface area contributed by atoms with E-state index in [0.29, 0.717) is 0 Å². The number of aliphatic hydroxyl groups excluding tert-OH is 1. The molecule has 0 bridgehead atoms. The van der Waals surface area contributed by atoms with Crippen molar-refractivity contribution in [3.63, 3.8) is 0 Å². The minimum Gasteiger partial charge on any atom is -0.445 e. The molecule has 0 radical (unpaired) electrons. The largest absolute Gasteiger partial charge is 0.445 e. The SMILES string of the molecule is C[C@@H](O)[C@@H](CO[Si](c1ccccc1)(c1ccccc1)C(C)(C)C)NC(=O)OCc1ccccc1. The molecule has 0 aliphatic carbocycles. The quantitative estimate of drug-likeness (QED) is 0.453. The average Bonchev–Trinajstić information content (AvgIpc) is 2.83. The molecule has 1 amide bonds. The van der Waals surface area contributed by atoms with Crippen LogP contribution in [0.5, 0.6) is 0 Å². The number of hydrogen-bond donors (Lipinski definition) is 2. The predicted molar refractivity (Wildman–Crippen MR) is 139 cm³/mol. The molecule has 0 aliphatic rings. The number of aliphatic hydroxyl groups is 1. The van der Waals surface area contributed by atoms with Crippen LogP contribution in [0.15, 0.2) is 91.0 Å². The predicted octanol–water partition coefficient (Wildman–Crippen LogP) is 4.24. The van der Waals surface area contributed by atoms with Crippen LogP contribution in [-0.4, -0.2) is 38.3 Å². The van der Waals surface area contributed by atoms with E-state index in [-0.39, 0.29) is 18.3 Å². The topological polar surface area (TPSA) is 67.8 Å². The number of carbonyl (C=O) groups excluding carboxylic acids is 1. The number of nitrogens with one attached hydrogen (secondary N) is 1. The van der Waals surface area contributed by atoms with Crippen LogP contribution in [0.25, 0.3) is 0 Å². The van der Waals surface area contributed by atoms with E-state index in [1.807, 2.05) is 66.7 Å². The summed E-state index contributed by atoms with van der Waals surface area (Å²) < 4.78 is 12.2. The molecule has 0 fully saturated rings. The van der Waals surface area contributed by atoms with Gasteiger partial charge in [0.15, 0.2) is 0 Å². The number of hydrogen-bond acceptors (Lipinski definition) is 4. The second kappa shape index (κ2) is 11.5. The molecule has 0 spiro atoms. The lowest BCUT2D eigenvalue weighted by atomic mass is 10.2. The standard InChI is InChI=1S/C28H35NO4Si/c1-22(30)26(29-27(31)32-20-23-14-8-5-9-15-23)21-33-34(28(2,3)4,24-16-10-6-11-17-24)25-18-12-7-13-19-25/h5-19,22,26,30H,20-21H2,1-4H3,(H,29,31)/t22-,26-/m1/s1. The third kappa shape index (κ3) is 6.14. The monoisotopic (exact) mass is 477 g/mol. The van der Waals surface area contributed by atoms with Crippen molar-refractivity contribution in [3.8, 4) is 0 Å². The molecule has 180 valence electrons. The summed E-state index contributed by atoms with van der Waals surface area (Å²) in [6, 6.07) is 29.4. The zero-order valence-corrected chi connectivity index (χ0v) is 21.4. The Morgan fingerprint density at radius 2 is 1.35 bits per heavy atom. The van der Waals surface area contributed by atoms with E-state index in [1.165, 1.54) is 0 Å². The number of benzene rings is 3. The van der Waals surface area contributed by atoms with Crippen molar-refractivity contribution < 1.29 is 19.1 Å². The molecule has 0 saturated carbocycles. The summed E-state index contributed by atoms with van der Waals surface area (Å²) in [5, 5.41) is 15.3. The summed E-state index contributed by atoms with van der Waals surface area (Å²) >= 11 is 0. The second-order valence-electron chi connectivity index (χ2n) is 9.53. The van der Waals surface area contributed by atoms with Gasteiger partial charge in [-0.2, -0.15) is 0 Å². The first-order valence-corrected chi connectivity index (χ1v) is 13.5. The zero-order valence-electron chi connectivity index (χ0n) is 20.4. The van der Waals surface area contributed by atoms with Gasteiger partial charge in [-0.05, 0) is 27.9 Å². The fourth-order valence-electron chi connectivity index (χ4n) is 4.19. The van der Waals surface area contributed by atoms with E-state index in [1.54, 1.807) is 6.92 Å². The van der Waals surface area contributed by atoms with Crippen molar-refractivity contribution in [2.24, 2.45) is 0 Å². The average molecular weight is 478 g/mol. The highest BCUT2D eigenvalue weighted by atomic mass is 28.4. The Labute approximate surface area is 203 Å². The Kier molecular flexibility index (Phi) is 8.66. The summed E-state index contributed by atoms with van der Waals surface area (Å²) in [6.45, 7) is 8.55. The Hall–Kier alpha value is -2.93. The maximum Gasteiger partial charge on any atom is 0.407 e. The summed E-state index contributed by atoms with van der Waals surface area (Å²) in [5.74, 6) is 0. The van der Waals surface area contributed by atoms with E-state index in [9.17, 15) is 9.90 Å². The summed E-state index contributed by atoms with van der Waals surface area (Å²) in [6.07, 6.45) is -1.40. The van der Waals surface area contributed by atoms with Crippen molar-refractivity contribution in [1.82, 2.24) is 5.32 Å². The van der Waals surface area contributed by atoms with Crippen molar-refractivity contribution in [2.45, 2.75) is 51.5 Å². The Bertz CT molecular complexity index is 981. The molecule has 0 aliphatic heterocycles. The molecule has 0 aromatic heterocycles. The molecular formula is C28H35NO4Si. The first-order chi connectivity index (χ1) is 16.2. The second-order valence-corrected chi connectivity index (χ2v) is 13.8. The van der Waals surface area contributed by atoms with E-state index in [4.69, 9.17) is 9.16 Å². The Morgan fingerprint density at radius 3 is 1.79 bits per heavy atom. The van der Waals surface area contributed by atoms with Crippen LogP contribution in [0.3, 0.4) is 0 Å². The molecule has 5 nitrogen and oxygen atoms in total. The van der Waals surface area contributed by atoms with Crippen molar-refractivity contribution in [2.75, 3.05) is 6.61 Å². The van der Waals surface area contributed by atoms with E-state index >= 15 is 0 Å². The summed E-state index contributed by atoms with van der Waals surface area (Å²) in [5.41, 5.74) is 0.898. The Balaban J connectivity index is 1.83. The number of rotatable bonds is 9. The first-order valence-electron chi connectivity index (χ1n) is 11.6. The minimum atomic E-state index is -2.78. The molecule has 34 heavy (non-hydrogen) atoms. The minimum absolute atomic E-state index is 0.158. The van der Waals surface area contributed by atoms with E-state index in [2.05, 4.69) is 50.4 Å². The van der Waals surface area contributed by atoms with Crippen molar-refractivity contribution in [3.05, 3.63) is 96.6 Å². The van der Waals surface area contributed by atoms with Crippen LogP contribution in [0.4, 0.5) is 4.79 Å². The lowest BCUT2D eigenvalue weighted by Crippen LogP contribution is -2.67. The molecule has 0 saturated heterocycles. The smallest absolute Gasteiger partial charge is 0.407 e. The van der Waals surface area contributed by atoms with Gasteiger partial charge in [-0.3, -0.25) is 0 Å². The number of ether oxygens (including phenoxy) is 1. The molecule has 3 aromatic rings. The van der Waals surface area contributed by atoms with Gasteiger partial charge in [-0.1, -0.05) is 112 Å². The third-order valence-corrected chi connectivity index (χ3v) is 11.0. The number of amides is 1. The van der Waals surface area contributed by atoms with Crippen LogP contribution < -0.4 is 15.7 Å². The first kappa shape index (κ1) is 25.7. The van der Waals surface area contributed by atoms with Gasteiger partial charge in [0.1, 0.15) is 6.61 Å². The highest BCUT2D eigenvalue weighted by Crippen LogP contribution is 2.36. The molecule has 3 rings (SSSR count). The molecule has 0 heterocycles. The normalized spacial score (nSPS) is 13.7. The maximum absolute atomic E-state index is 12.5. The van der Waals surface area contributed by atoms with Crippen molar-refractivity contribution in [1.29, 1.82) is 0 Å². The van der Waals surface area contributed by atoms with Crippen LogP contribution in [0.2, 0.25) is 5.04 Å². The third-order valence-electron chi connectivity index (χ3n) is 5.99. The fraction of sp³-hybridized carbons (Fsp3) is 0.321. The van der Waals surface area contributed by atoms with Gasteiger partial charge in [0.2, 0.25) is 0 Å². The van der Waals surface area contributed by atoms with Gasteiger partial charge in [-0.25, -0.2) is 4.79 Å². The van der Waals surface area contributed by atoms with Crippen LogP contribution in [0, 0.1) is 0 Å². The van der Waals surface area contributed by atoms with Crippen LogP contribution >= 0.6 is 0 Å². The fourth-order valence-corrected chi connectivity index (χ4v) is 8.78. The molecular weight excluding hydrogens is 442 g/mol. The highest BCUT2D eigenvalue weighted by Gasteiger charge is 2.50. The number of carbonyl (C=O) groups is 1. The van der Waals surface area contributed by atoms with Gasteiger partial charge in [0, 0.05) is 0 Å². The lowest BCUT2D eigenvalue weighted by molar-refractivity contribution is 0.0888. The molecule has 3 aromatic carbocycles. The molecule has 0 unspecified atom stereocenters. The van der Waals surface area contributed by atoms with E-state index in [0.717, 1.165) is 15.9 Å². The maximum atomic E-state index is 12.5. The Morgan fingerprint density at radius 1 is 0.882 bits per heavy atom. The highest BCUT2D eigenvalue weighted by molar-refractivity contribution is 6.99. The van der Waals surface area contributed by atoms with Crippen molar-refractivity contribution >= 4 is 24.8 Å². The zero-order chi connectivity index (χ0) is 24.6. The molecule has 6 heteroatoms. The van der Waals surface area contributed by atoms with Gasteiger partial charge >= 0.3 is 6.09 Å². The van der Waals surface area contributed by atoms with Gasteiger partial charge in [0.05, 0.1) is 18.8 Å². The van der Waals surface area contributed by atoms with Gasteiger partial charge < -0.3 is 19.6 Å². The molecule has 2 N–H and O–H groups in total. The molecule has 2 atom stereocenters. The summed E-state index contributed by atoms with van der Waals surface area (Å²) in [4.78, 5) is 12.5. The van der Waals surface area contributed by atoms with Gasteiger partial charge in [0.25, 0.3) is 8.32 Å². The van der Waals surface area contributed by atoms with Crippen LogP contribution in [0.1, 0.15) is 33.3 Å². The number of alkyl carbamates (subject to hydrolysis) is 1. The van der Waals surface area contributed by atoms with Crippen LogP contribution in [-0.2, 0) is 15.8 Å².